The van der Waals surface area contributed by atoms with Crippen LogP contribution in [0.3, 0.4) is 0 Å². The van der Waals surface area contributed by atoms with Crippen LogP contribution in [-0.2, 0) is 12.8 Å². The van der Waals surface area contributed by atoms with Crippen LogP contribution < -0.4 is 5.32 Å². The van der Waals surface area contributed by atoms with Crippen LogP contribution in [0.1, 0.15) is 54.1 Å². The molecule has 2 aliphatic rings. The van der Waals surface area contributed by atoms with E-state index in [1.807, 2.05) is 6.07 Å². The summed E-state index contributed by atoms with van der Waals surface area (Å²) in [6, 6.07) is 7.30. The van der Waals surface area contributed by atoms with E-state index in [1.165, 1.54) is 0 Å². The number of hydrogen-bond acceptors (Lipinski definition) is 5. The van der Waals surface area contributed by atoms with Gasteiger partial charge >= 0.3 is 0 Å². The minimum Gasteiger partial charge on any atom is -0.507 e. The number of hydrogen-bond donors (Lipinski definition) is 5. The molecule has 1 saturated carbocycles. The molecule has 5 N–H and O–H groups in total. The third kappa shape index (κ3) is 3.21. The zero-order chi connectivity index (χ0) is 19.2. The molecular weight excluding hydrogens is 340 g/mol. The second-order valence-electron chi connectivity index (χ2n) is 7.85. The highest BCUT2D eigenvalue weighted by Gasteiger charge is 2.39. The number of fused-ring (bicyclic) bond motifs is 1. The molecule has 27 heavy (non-hydrogen) atoms. The van der Waals surface area contributed by atoms with Gasteiger partial charge in [0.1, 0.15) is 17.3 Å². The summed E-state index contributed by atoms with van der Waals surface area (Å²) in [5.41, 5.74) is 2.95. The van der Waals surface area contributed by atoms with Crippen molar-refractivity contribution in [2.24, 2.45) is 0 Å². The Bertz CT molecular complexity index is 928. The van der Waals surface area contributed by atoms with Gasteiger partial charge in [-0.3, -0.25) is 15.8 Å². The zero-order valence-electron chi connectivity index (χ0n) is 15.3. The van der Waals surface area contributed by atoms with E-state index in [4.69, 9.17) is 10.8 Å². The molecule has 1 fully saturated rings. The van der Waals surface area contributed by atoms with Crippen molar-refractivity contribution < 1.29 is 10.2 Å². The number of nitrogens with one attached hydrogen (secondary N) is 3. The molecular formula is C21H24N4O2. The third-order valence-electron chi connectivity index (χ3n) is 5.56. The molecule has 2 aliphatic carbocycles. The van der Waals surface area contributed by atoms with Crippen LogP contribution in [-0.4, -0.2) is 38.4 Å². The first kappa shape index (κ1) is 17.7. The lowest BCUT2D eigenvalue weighted by Crippen LogP contribution is -2.53. The molecule has 2 aromatic rings. The summed E-state index contributed by atoms with van der Waals surface area (Å²) in [5, 5.41) is 40.7. The van der Waals surface area contributed by atoms with E-state index in [2.05, 4.69) is 10.3 Å². The van der Waals surface area contributed by atoms with Gasteiger partial charge in [0.2, 0.25) is 0 Å². The molecule has 6 nitrogen and oxygen atoms in total. The molecule has 0 spiro atoms. The lowest BCUT2D eigenvalue weighted by molar-refractivity contribution is -0.0339. The summed E-state index contributed by atoms with van der Waals surface area (Å²) in [6.07, 6.45) is 5.59. The van der Waals surface area contributed by atoms with Gasteiger partial charge in [-0.1, -0.05) is 6.07 Å². The summed E-state index contributed by atoms with van der Waals surface area (Å²) < 4.78 is 0. The maximum Gasteiger partial charge on any atom is 0.145 e. The Kier molecular flexibility index (Phi) is 4.23. The quantitative estimate of drug-likeness (QED) is 0.424. The minimum atomic E-state index is -0.673. The predicted octanol–water partition coefficient (Wildman–Crippen LogP) is 2.52. The molecule has 1 heterocycles. The van der Waals surface area contributed by atoms with E-state index in [0.717, 1.165) is 30.4 Å². The van der Waals surface area contributed by atoms with Crippen LogP contribution >= 0.6 is 0 Å². The highest BCUT2D eigenvalue weighted by Crippen LogP contribution is 2.34. The normalized spacial score (nSPS) is 23.4. The van der Waals surface area contributed by atoms with Crippen molar-refractivity contribution in [3.05, 3.63) is 58.4 Å². The fraction of sp³-hybridized carbons (Fsp3) is 0.381. The van der Waals surface area contributed by atoms with Crippen LogP contribution in [0.25, 0.3) is 0 Å². The van der Waals surface area contributed by atoms with Crippen molar-refractivity contribution in [2.75, 3.05) is 0 Å². The fourth-order valence-electron chi connectivity index (χ4n) is 4.18. The molecule has 0 unspecified atom stereocenters. The number of aliphatic hydroxyl groups is 1. The zero-order valence-corrected chi connectivity index (χ0v) is 15.3. The number of rotatable bonds is 4. The first-order chi connectivity index (χ1) is 12.9. The number of phenols is 1. The van der Waals surface area contributed by atoms with Crippen molar-refractivity contribution in [1.29, 1.82) is 10.8 Å². The summed E-state index contributed by atoms with van der Waals surface area (Å²) in [6.45, 7) is 1.79. The Morgan fingerprint density at radius 3 is 2.70 bits per heavy atom. The lowest BCUT2D eigenvalue weighted by atomic mass is 9.77. The van der Waals surface area contributed by atoms with Crippen LogP contribution in [0.5, 0.6) is 5.75 Å². The smallest absolute Gasteiger partial charge is 0.145 e. The van der Waals surface area contributed by atoms with E-state index < -0.39 is 5.60 Å². The Balaban J connectivity index is 1.61. The SMILES string of the molecule is C[C@]1(O)C[C@@H](NC(=N)c2ncccc2C(=N)c2ccc3c(c2O)CCC3)C1. The van der Waals surface area contributed by atoms with Gasteiger partial charge < -0.3 is 15.5 Å². The molecule has 0 bridgehead atoms. The van der Waals surface area contributed by atoms with Gasteiger partial charge in [-0.25, -0.2) is 0 Å². The van der Waals surface area contributed by atoms with Crippen molar-refractivity contribution >= 4 is 11.5 Å². The van der Waals surface area contributed by atoms with Crippen molar-refractivity contribution in [3.63, 3.8) is 0 Å². The third-order valence-corrected chi connectivity index (χ3v) is 5.56. The monoisotopic (exact) mass is 364 g/mol. The highest BCUT2D eigenvalue weighted by atomic mass is 16.3. The number of aryl methyl sites for hydroxylation is 1. The maximum absolute atomic E-state index is 10.7. The molecule has 4 rings (SSSR count). The van der Waals surface area contributed by atoms with Gasteiger partial charge in [-0.15, -0.1) is 0 Å². The van der Waals surface area contributed by atoms with E-state index in [-0.39, 0.29) is 23.3 Å². The van der Waals surface area contributed by atoms with Crippen molar-refractivity contribution in [2.45, 2.75) is 50.7 Å². The van der Waals surface area contributed by atoms with Gasteiger partial charge in [-0.2, -0.15) is 0 Å². The van der Waals surface area contributed by atoms with Crippen LogP contribution in [0.2, 0.25) is 0 Å². The second-order valence-corrected chi connectivity index (χ2v) is 7.85. The van der Waals surface area contributed by atoms with Gasteiger partial charge in [0.05, 0.1) is 11.3 Å². The van der Waals surface area contributed by atoms with Gasteiger partial charge in [0, 0.05) is 23.4 Å². The molecule has 1 aromatic heterocycles. The van der Waals surface area contributed by atoms with Gasteiger partial charge in [0.25, 0.3) is 0 Å². The lowest BCUT2D eigenvalue weighted by Gasteiger charge is -2.41. The summed E-state index contributed by atoms with van der Waals surface area (Å²) in [5.74, 6) is 0.316. The molecule has 0 saturated heterocycles. The molecule has 0 atom stereocenters. The van der Waals surface area contributed by atoms with Gasteiger partial charge in [0.15, 0.2) is 0 Å². The van der Waals surface area contributed by atoms with E-state index in [9.17, 15) is 10.2 Å². The van der Waals surface area contributed by atoms with Crippen LogP contribution in [0.15, 0.2) is 30.5 Å². The molecule has 1 aromatic carbocycles. The number of phenolic OH excluding ortho intramolecular Hbond substituents is 1. The van der Waals surface area contributed by atoms with Crippen molar-refractivity contribution in [1.82, 2.24) is 10.3 Å². The summed E-state index contributed by atoms with van der Waals surface area (Å²) >= 11 is 0. The van der Waals surface area contributed by atoms with Crippen LogP contribution in [0, 0.1) is 10.8 Å². The van der Waals surface area contributed by atoms with E-state index in [1.54, 1.807) is 31.3 Å². The summed E-state index contributed by atoms with van der Waals surface area (Å²) in [7, 11) is 0. The van der Waals surface area contributed by atoms with Gasteiger partial charge in [-0.05, 0) is 68.4 Å². The Labute approximate surface area is 158 Å². The van der Waals surface area contributed by atoms with Crippen molar-refractivity contribution in [3.8, 4) is 5.75 Å². The molecule has 0 amide bonds. The Hall–Kier alpha value is -2.73. The number of nitrogens with zero attached hydrogens (tertiary/aromatic N) is 1. The first-order valence-electron chi connectivity index (χ1n) is 9.31. The molecule has 140 valence electrons. The number of aromatic hydroxyl groups is 1. The number of benzene rings is 1. The maximum atomic E-state index is 10.7. The Morgan fingerprint density at radius 1 is 1.19 bits per heavy atom. The Morgan fingerprint density at radius 2 is 1.96 bits per heavy atom. The van der Waals surface area contributed by atoms with Crippen LogP contribution in [0.4, 0.5) is 0 Å². The highest BCUT2D eigenvalue weighted by molar-refractivity contribution is 6.17. The van der Waals surface area contributed by atoms with E-state index in [0.29, 0.717) is 29.7 Å². The molecule has 6 heteroatoms. The average Bonchev–Trinajstić information content (AvgIpc) is 3.09. The molecule has 0 aliphatic heterocycles. The number of amidine groups is 1. The molecule has 0 radical (unpaired) electrons. The standard InChI is InChI=1S/C21H24N4O2/c1-21(27)10-13(11-21)25-20(23)18-15(6-3-9-24-18)17(22)16-8-7-12-4-2-5-14(12)19(16)26/h3,6-9,13,22,26-27H,2,4-5,10-11H2,1H3,(H2,23,25)/t13-,21+. The summed E-state index contributed by atoms with van der Waals surface area (Å²) in [4.78, 5) is 4.30. The topological polar surface area (TPSA) is 113 Å². The first-order valence-corrected chi connectivity index (χ1v) is 9.31. The largest absolute Gasteiger partial charge is 0.507 e. The fourth-order valence-corrected chi connectivity index (χ4v) is 4.18. The predicted molar refractivity (Wildman–Crippen MR) is 104 cm³/mol. The minimum absolute atomic E-state index is 0.0323. The van der Waals surface area contributed by atoms with E-state index >= 15 is 0 Å². The average molecular weight is 364 g/mol. The number of aromatic nitrogens is 1. The number of pyridine rings is 1. The second kappa shape index (κ2) is 6.46.